The summed E-state index contributed by atoms with van der Waals surface area (Å²) < 4.78 is 5.35. The number of methoxy groups -OCH3 is 1. The Hall–Kier alpha value is -2.56. The van der Waals surface area contributed by atoms with Crippen molar-refractivity contribution in [2.45, 2.75) is 19.9 Å². The van der Waals surface area contributed by atoms with E-state index in [1.165, 1.54) is 5.56 Å². The van der Waals surface area contributed by atoms with Crippen molar-refractivity contribution in [3.05, 3.63) is 59.4 Å². The number of hydrogen-bond acceptors (Lipinski definition) is 3. The first-order valence-corrected chi connectivity index (χ1v) is 7.71. The Morgan fingerprint density at radius 3 is 2.70 bits per heavy atom. The predicted molar refractivity (Wildman–Crippen MR) is 93.9 cm³/mol. The molecule has 0 amide bonds. The van der Waals surface area contributed by atoms with Crippen molar-refractivity contribution in [1.82, 2.24) is 15.6 Å². The molecule has 23 heavy (non-hydrogen) atoms. The number of rotatable bonds is 6. The quantitative estimate of drug-likeness (QED) is 0.635. The third kappa shape index (κ3) is 5.29. The number of nitrogens with zero attached hydrogens (tertiary/aromatic N) is 2. The minimum Gasteiger partial charge on any atom is -0.496 e. The summed E-state index contributed by atoms with van der Waals surface area (Å²) >= 11 is 0. The fraction of sp³-hybridized carbons (Fsp3) is 0.333. The maximum atomic E-state index is 5.35. The first-order valence-electron chi connectivity index (χ1n) is 7.71. The Morgan fingerprint density at radius 2 is 2.00 bits per heavy atom. The van der Waals surface area contributed by atoms with Gasteiger partial charge < -0.3 is 15.4 Å². The van der Waals surface area contributed by atoms with Gasteiger partial charge in [-0.15, -0.1) is 0 Å². The van der Waals surface area contributed by atoms with Crippen molar-refractivity contribution in [3.63, 3.8) is 0 Å². The van der Waals surface area contributed by atoms with Crippen molar-refractivity contribution in [2.75, 3.05) is 20.7 Å². The molecule has 0 fully saturated rings. The normalized spacial score (nSPS) is 11.2. The number of benzene rings is 1. The number of para-hydroxylation sites is 1. The molecule has 2 N–H and O–H groups in total. The van der Waals surface area contributed by atoms with E-state index in [2.05, 4.69) is 26.7 Å². The van der Waals surface area contributed by atoms with E-state index in [9.17, 15) is 0 Å². The van der Waals surface area contributed by atoms with Gasteiger partial charge in [-0.05, 0) is 31.0 Å². The van der Waals surface area contributed by atoms with E-state index in [-0.39, 0.29) is 0 Å². The number of aliphatic imine (C=N–C) groups is 1. The Morgan fingerprint density at radius 1 is 1.17 bits per heavy atom. The standard InChI is InChI=1S/C18H24N4O/c1-14-8-9-15(12-21-14)10-11-20-18(19-2)22-13-16-6-4-5-7-17(16)23-3/h4-9,12H,10-11,13H2,1-3H3,(H2,19,20,22). The summed E-state index contributed by atoms with van der Waals surface area (Å²) in [5.74, 6) is 1.65. The summed E-state index contributed by atoms with van der Waals surface area (Å²) in [6, 6.07) is 12.1. The van der Waals surface area contributed by atoms with Crippen LogP contribution in [0, 0.1) is 6.92 Å². The van der Waals surface area contributed by atoms with Gasteiger partial charge >= 0.3 is 0 Å². The van der Waals surface area contributed by atoms with E-state index in [1.807, 2.05) is 43.5 Å². The zero-order valence-corrected chi connectivity index (χ0v) is 14.0. The summed E-state index contributed by atoms with van der Waals surface area (Å²) in [5, 5.41) is 6.61. The third-order valence-corrected chi connectivity index (χ3v) is 3.54. The minimum atomic E-state index is 0.662. The molecule has 122 valence electrons. The molecule has 5 heteroatoms. The molecule has 0 saturated carbocycles. The van der Waals surface area contributed by atoms with Gasteiger partial charge in [0.2, 0.25) is 0 Å². The number of nitrogens with one attached hydrogen (secondary N) is 2. The first-order chi connectivity index (χ1) is 11.2. The summed E-state index contributed by atoms with van der Waals surface area (Å²) in [7, 11) is 3.45. The summed E-state index contributed by atoms with van der Waals surface area (Å²) in [5.41, 5.74) is 3.35. The van der Waals surface area contributed by atoms with Gasteiger partial charge in [0.25, 0.3) is 0 Å². The van der Waals surface area contributed by atoms with Crippen molar-refractivity contribution in [2.24, 2.45) is 4.99 Å². The molecule has 0 saturated heterocycles. The number of guanidine groups is 1. The average Bonchev–Trinajstić information content (AvgIpc) is 2.59. The molecule has 1 aromatic carbocycles. The molecule has 0 unspecified atom stereocenters. The average molecular weight is 312 g/mol. The van der Waals surface area contributed by atoms with Crippen LogP contribution < -0.4 is 15.4 Å². The van der Waals surface area contributed by atoms with E-state index < -0.39 is 0 Å². The van der Waals surface area contributed by atoms with Gasteiger partial charge in [-0.3, -0.25) is 9.98 Å². The minimum absolute atomic E-state index is 0.662. The topological polar surface area (TPSA) is 58.5 Å². The largest absolute Gasteiger partial charge is 0.496 e. The molecule has 2 aromatic rings. The summed E-state index contributed by atoms with van der Waals surface area (Å²) in [4.78, 5) is 8.55. The van der Waals surface area contributed by atoms with Gasteiger partial charge in [0.05, 0.1) is 7.11 Å². The molecule has 5 nitrogen and oxygen atoms in total. The highest BCUT2D eigenvalue weighted by molar-refractivity contribution is 5.79. The van der Waals surface area contributed by atoms with Crippen molar-refractivity contribution >= 4 is 5.96 Å². The van der Waals surface area contributed by atoms with Gasteiger partial charge in [-0.2, -0.15) is 0 Å². The fourth-order valence-electron chi connectivity index (χ4n) is 2.22. The lowest BCUT2D eigenvalue weighted by Crippen LogP contribution is -2.37. The molecule has 1 aromatic heterocycles. The molecule has 0 spiro atoms. The van der Waals surface area contributed by atoms with Gasteiger partial charge in [-0.1, -0.05) is 24.3 Å². The van der Waals surface area contributed by atoms with Gasteiger partial charge in [0, 0.05) is 37.6 Å². The van der Waals surface area contributed by atoms with E-state index in [1.54, 1.807) is 14.2 Å². The zero-order valence-electron chi connectivity index (χ0n) is 14.0. The van der Waals surface area contributed by atoms with Crippen LogP contribution in [-0.4, -0.2) is 31.6 Å². The van der Waals surface area contributed by atoms with Crippen LogP contribution in [-0.2, 0) is 13.0 Å². The van der Waals surface area contributed by atoms with Crippen LogP contribution >= 0.6 is 0 Å². The second kappa shape index (κ2) is 8.78. The Bertz CT molecular complexity index is 638. The van der Waals surface area contributed by atoms with Crippen molar-refractivity contribution in [1.29, 1.82) is 0 Å². The highest BCUT2D eigenvalue weighted by Crippen LogP contribution is 2.16. The van der Waals surface area contributed by atoms with Gasteiger partial charge in [-0.25, -0.2) is 0 Å². The molecule has 0 aliphatic carbocycles. The van der Waals surface area contributed by atoms with E-state index in [0.717, 1.165) is 35.9 Å². The number of aryl methyl sites for hydroxylation is 1. The van der Waals surface area contributed by atoms with Crippen LogP contribution in [0.15, 0.2) is 47.6 Å². The lowest BCUT2D eigenvalue weighted by atomic mass is 10.2. The fourth-order valence-corrected chi connectivity index (χ4v) is 2.22. The first kappa shape index (κ1) is 16.8. The lowest BCUT2D eigenvalue weighted by Gasteiger charge is -2.13. The third-order valence-electron chi connectivity index (χ3n) is 3.54. The molecule has 0 aliphatic rings. The smallest absolute Gasteiger partial charge is 0.191 e. The molecule has 1 heterocycles. The highest BCUT2D eigenvalue weighted by Gasteiger charge is 2.03. The monoisotopic (exact) mass is 312 g/mol. The van der Waals surface area contributed by atoms with Gasteiger partial charge in [0.1, 0.15) is 5.75 Å². The van der Waals surface area contributed by atoms with Crippen LogP contribution in [0.2, 0.25) is 0 Å². The Labute approximate surface area is 137 Å². The van der Waals surface area contributed by atoms with Crippen LogP contribution in [0.3, 0.4) is 0 Å². The molecule has 0 radical (unpaired) electrons. The van der Waals surface area contributed by atoms with E-state index in [4.69, 9.17) is 4.74 Å². The highest BCUT2D eigenvalue weighted by atomic mass is 16.5. The van der Waals surface area contributed by atoms with Crippen LogP contribution in [0.1, 0.15) is 16.8 Å². The maximum Gasteiger partial charge on any atom is 0.191 e. The molecular formula is C18H24N4O. The number of pyridine rings is 1. The molecular weight excluding hydrogens is 288 g/mol. The van der Waals surface area contributed by atoms with E-state index in [0.29, 0.717) is 6.54 Å². The second-order valence-electron chi connectivity index (χ2n) is 5.22. The molecule has 0 aliphatic heterocycles. The van der Waals surface area contributed by atoms with Crippen LogP contribution in [0.4, 0.5) is 0 Å². The van der Waals surface area contributed by atoms with Crippen molar-refractivity contribution < 1.29 is 4.74 Å². The number of ether oxygens (including phenoxy) is 1. The lowest BCUT2D eigenvalue weighted by molar-refractivity contribution is 0.409. The SMILES string of the molecule is CN=C(NCCc1ccc(C)nc1)NCc1ccccc1OC. The van der Waals surface area contributed by atoms with Crippen LogP contribution in [0.5, 0.6) is 5.75 Å². The maximum absolute atomic E-state index is 5.35. The second-order valence-corrected chi connectivity index (χ2v) is 5.22. The summed E-state index contributed by atoms with van der Waals surface area (Å²) in [6.07, 6.45) is 2.82. The number of aromatic nitrogens is 1. The number of hydrogen-bond donors (Lipinski definition) is 2. The Kier molecular flexibility index (Phi) is 6.41. The summed E-state index contributed by atoms with van der Waals surface area (Å²) in [6.45, 7) is 3.46. The van der Waals surface area contributed by atoms with Crippen LogP contribution in [0.25, 0.3) is 0 Å². The Balaban J connectivity index is 1.80. The molecule has 2 rings (SSSR count). The van der Waals surface area contributed by atoms with Gasteiger partial charge in [0.15, 0.2) is 5.96 Å². The molecule has 0 atom stereocenters. The van der Waals surface area contributed by atoms with E-state index >= 15 is 0 Å². The molecule has 0 bridgehead atoms. The zero-order chi connectivity index (χ0) is 16.5. The predicted octanol–water partition coefficient (Wildman–Crippen LogP) is 2.31. The van der Waals surface area contributed by atoms with Crippen molar-refractivity contribution in [3.8, 4) is 5.75 Å².